The van der Waals surface area contributed by atoms with E-state index in [0.29, 0.717) is 18.4 Å². The Bertz CT molecular complexity index is 769. The highest BCUT2D eigenvalue weighted by atomic mass is 19.1. The van der Waals surface area contributed by atoms with Crippen molar-refractivity contribution in [2.75, 3.05) is 0 Å². The highest BCUT2D eigenvalue weighted by Crippen LogP contribution is 2.71. The highest BCUT2D eigenvalue weighted by molar-refractivity contribution is 6.09. The number of epoxide rings is 1. The third-order valence-corrected chi connectivity index (χ3v) is 8.36. The van der Waals surface area contributed by atoms with Crippen LogP contribution in [-0.2, 0) is 14.3 Å². The van der Waals surface area contributed by atoms with Gasteiger partial charge in [-0.3, -0.25) is 9.59 Å². The van der Waals surface area contributed by atoms with Crippen molar-refractivity contribution in [3.05, 3.63) is 23.8 Å². The van der Waals surface area contributed by atoms with Crippen LogP contribution in [0.3, 0.4) is 0 Å². The highest BCUT2D eigenvalue weighted by Gasteiger charge is 2.79. The minimum absolute atomic E-state index is 0.0183. The molecule has 0 aromatic heterocycles. The maximum absolute atomic E-state index is 14.3. The Morgan fingerprint density at radius 2 is 1.96 bits per heavy atom. The Hall–Kier alpha value is -1.29. The number of hydrogen-bond donors (Lipinski definition) is 0. The van der Waals surface area contributed by atoms with Gasteiger partial charge in [0.1, 0.15) is 11.8 Å². The van der Waals surface area contributed by atoms with Gasteiger partial charge in [0, 0.05) is 16.9 Å². The van der Waals surface area contributed by atoms with Crippen LogP contribution in [0, 0.1) is 28.6 Å². The summed E-state index contributed by atoms with van der Waals surface area (Å²) in [4.78, 5) is 25.8. The van der Waals surface area contributed by atoms with Crippen LogP contribution in [0.2, 0.25) is 0 Å². The van der Waals surface area contributed by atoms with E-state index in [2.05, 4.69) is 20.4 Å². The van der Waals surface area contributed by atoms with Crippen molar-refractivity contribution in [3.63, 3.8) is 0 Å². The molecule has 0 bridgehead atoms. The molecule has 1 saturated heterocycles. The van der Waals surface area contributed by atoms with Gasteiger partial charge in [-0.1, -0.05) is 26.5 Å². The topological polar surface area (TPSA) is 46.7 Å². The monoisotopic (exact) mass is 344 g/mol. The molecule has 0 aromatic rings. The van der Waals surface area contributed by atoms with Gasteiger partial charge in [-0.05, 0) is 55.4 Å². The molecule has 3 nitrogen and oxygen atoms in total. The number of carbonyl (C=O) groups is 2. The Labute approximate surface area is 147 Å². The molecule has 0 aromatic carbocycles. The van der Waals surface area contributed by atoms with Gasteiger partial charge in [-0.15, -0.1) is 0 Å². The predicted octanol–water partition coefficient (Wildman–Crippen LogP) is 3.58. The average molecular weight is 344 g/mol. The van der Waals surface area contributed by atoms with E-state index in [1.54, 1.807) is 0 Å². The number of ketones is 2. The molecule has 0 radical (unpaired) electrons. The third-order valence-electron chi connectivity index (χ3n) is 8.36. The van der Waals surface area contributed by atoms with Crippen LogP contribution < -0.4 is 0 Å². The first-order chi connectivity index (χ1) is 11.7. The molecule has 134 valence electrons. The molecule has 1 heterocycles. The van der Waals surface area contributed by atoms with Gasteiger partial charge in [0.2, 0.25) is 0 Å². The van der Waals surface area contributed by atoms with E-state index in [0.717, 1.165) is 18.4 Å². The summed E-state index contributed by atoms with van der Waals surface area (Å²) in [6.45, 7) is 10.2. The zero-order valence-corrected chi connectivity index (χ0v) is 15.1. The molecular weight excluding hydrogens is 319 g/mol. The number of carbonyl (C=O) groups excluding carboxylic acids is 2. The number of Topliss-reactive ketones (excluding diaryl/α,β-unsaturated/α-hetero) is 2. The lowest BCUT2D eigenvalue weighted by atomic mass is 9.44. The van der Waals surface area contributed by atoms with E-state index in [9.17, 15) is 14.0 Å². The summed E-state index contributed by atoms with van der Waals surface area (Å²) < 4.78 is 20.2. The largest absolute Gasteiger partial charge is 0.351 e. The molecule has 3 saturated carbocycles. The molecule has 4 fully saturated rings. The summed E-state index contributed by atoms with van der Waals surface area (Å²) in [6.07, 6.45) is 3.55. The van der Waals surface area contributed by atoms with E-state index in [1.807, 2.05) is 13.0 Å². The summed E-state index contributed by atoms with van der Waals surface area (Å²) in [6, 6.07) is 0. The lowest BCUT2D eigenvalue weighted by molar-refractivity contribution is -0.139. The number of halogens is 1. The first-order valence-corrected chi connectivity index (χ1v) is 9.45. The van der Waals surface area contributed by atoms with Gasteiger partial charge in [-0.25, -0.2) is 4.39 Å². The minimum atomic E-state index is -0.844. The predicted molar refractivity (Wildman–Crippen MR) is 90.6 cm³/mol. The lowest BCUT2D eigenvalue weighted by Crippen LogP contribution is -2.61. The fourth-order valence-corrected chi connectivity index (χ4v) is 7.11. The fourth-order valence-electron chi connectivity index (χ4n) is 7.11. The number of ether oxygens (including phenoxy) is 1. The first-order valence-electron chi connectivity index (χ1n) is 9.45. The van der Waals surface area contributed by atoms with Gasteiger partial charge in [0.25, 0.3) is 0 Å². The third kappa shape index (κ3) is 1.57. The molecule has 1 aliphatic heterocycles. The molecular formula is C21H25FO3. The zero-order chi connectivity index (χ0) is 17.9. The van der Waals surface area contributed by atoms with E-state index < -0.39 is 23.3 Å². The first kappa shape index (κ1) is 15.9. The molecule has 8 atom stereocenters. The van der Waals surface area contributed by atoms with Gasteiger partial charge in [0.05, 0.1) is 0 Å². The SMILES string of the molecule is C=C1C(=O)[C@H]2[C@@H]3C[C@@H](F)C[C@@]3(C)CC[C@@H]2[C@@]2(C)C=C(C)C(=O)C3OC132. The van der Waals surface area contributed by atoms with Crippen molar-refractivity contribution < 1.29 is 18.7 Å². The second kappa shape index (κ2) is 4.33. The van der Waals surface area contributed by atoms with Crippen LogP contribution >= 0.6 is 0 Å². The Morgan fingerprint density at radius 3 is 2.68 bits per heavy atom. The van der Waals surface area contributed by atoms with Crippen molar-refractivity contribution in [1.29, 1.82) is 0 Å². The maximum Gasteiger partial charge on any atom is 0.190 e. The summed E-state index contributed by atoms with van der Waals surface area (Å²) in [5, 5.41) is 0. The van der Waals surface area contributed by atoms with Gasteiger partial charge in [0.15, 0.2) is 17.7 Å². The standard InChI is InChI=1S/C21H25FO3/c1-10-8-20(4)13-5-6-19(3)9-12(22)7-14(19)15(13)17(24)11(2)21(20)18(25-21)16(10)23/h8,12-15,18H,2,5-7,9H2,1,3-4H3/t12-,13+,14+,15-,18?,19-,20-,21?/m1/s1. The molecule has 25 heavy (non-hydrogen) atoms. The van der Waals surface area contributed by atoms with Crippen molar-refractivity contribution in [1.82, 2.24) is 0 Å². The van der Waals surface area contributed by atoms with E-state index in [-0.39, 0.29) is 34.7 Å². The molecule has 1 spiro atoms. The van der Waals surface area contributed by atoms with Crippen molar-refractivity contribution >= 4 is 11.6 Å². The number of fused-ring (bicyclic) bond motifs is 4. The van der Waals surface area contributed by atoms with Crippen LogP contribution in [0.15, 0.2) is 23.8 Å². The number of hydrogen-bond acceptors (Lipinski definition) is 3. The Kier molecular flexibility index (Phi) is 2.76. The quantitative estimate of drug-likeness (QED) is 0.498. The van der Waals surface area contributed by atoms with Gasteiger partial charge in [-0.2, -0.15) is 0 Å². The van der Waals surface area contributed by atoms with Gasteiger partial charge >= 0.3 is 0 Å². The van der Waals surface area contributed by atoms with Crippen molar-refractivity contribution in [3.8, 4) is 0 Å². The average Bonchev–Trinajstić information content (AvgIpc) is 3.22. The molecule has 0 amide bonds. The van der Waals surface area contributed by atoms with Crippen LogP contribution in [0.25, 0.3) is 0 Å². The molecule has 5 rings (SSSR count). The van der Waals surface area contributed by atoms with Crippen LogP contribution in [0.4, 0.5) is 4.39 Å². The molecule has 4 aliphatic carbocycles. The van der Waals surface area contributed by atoms with Crippen molar-refractivity contribution in [2.24, 2.45) is 28.6 Å². The van der Waals surface area contributed by atoms with E-state index in [4.69, 9.17) is 4.74 Å². The summed E-state index contributed by atoms with van der Waals surface area (Å²) in [7, 11) is 0. The van der Waals surface area contributed by atoms with E-state index in [1.165, 1.54) is 0 Å². The molecule has 5 aliphatic rings. The zero-order valence-electron chi connectivity index (χ0n) is 15.1. The van der Waals surface area contributed by atoms with E-state index >= 15 is 0 Å². The van der Waals surface area contributed by atoms with Crippen LogP contribution in [-0.4, -0.2) is 29.4 Å². The fraction of sp³-hybridized carbons (Fsp3) is 0.714. The Balaban J connectivity index is 1.67. The van der Waals surface area contributed by atoms with Crippen LogP contribution in [0.5, 0.6) is 0 Å². The smallest absolute Gasteiger partial charge is 0.190 e. The normalized spacial score (nSPS) is 56.6. The summed E-state index contributed by atoms with van der Waals surface area (Å²) >= 11 is 0. The van der Waals surface area contributed by atoms with Gasteiger partial charge < -0.3 is 4.74 Å². The Morgan fingerprint density at radius 1 is 1.24 bits per heavy atom. The van der Waals surface area contributed by atoms with Crippen LogP contribution in [0.1, 0.15) is 46.5 Å². The summed E-state index contributed by atoms with van der Waals surface area (Å²) in [5.41, 5.74) is -0.163. The second-order valence-electron chi connectivity index (χ2n) is 9.52. The maximum atomic E-state index is 14.3. The lowest BCUT2D eigenvalue weighted by Gasteiger charge is -2.57. The number of alkyl halides is 1. The van der Waals surface area contributed by atoms with Crippen molar-refractivity contribution in [2.45, 2.75) is 64.3 Å². The minimum Gasteiger partial charge on any atom is -0.351 e. The number of rotatable bonds is 0. The second-order valence-corrected chi connectivity index (χ2v) is 9.52. The molecule has 4 heteroatoms. The molecule has 0 N–H and O–H groups in total. The summed E-state index contributed by atoms with van der Waals surface area (Å²) in [5.74, 6) is -0.0131. The molecule has 2 unspecified atom stereocenters.